The van der Waals surface area contributed by atoms with Gasteiger partial charge >= 0.3 is 0 Å². The number of nitrogens with one attached hydrogen (secondary N) is 1. The maximum Gasteiger partial charge on any atom is 0.232 e. The van der Waals surface area contributed by atoms with E-state index in [-0.39, 0.29) is 5.41 Å². The summed E-state index contributed by atoms with van der Waals surface area (Å²) in [5.74, 6) is 0.929. The molecule has 0 bridgehead atoms. The van der Waals surface area contributed by atoms with Gasteiger partial charge in [0.15, 0.2) is 0 Å². The molecule has 1 aromatic carbocycles. The predicted octanol–water partition coefficient (Wildman–Crippen LogP) is 2.18. The monoisotopic (exact) mass is 272 g/mol. The summed E-state index contributed by atoms with van der Waals surface area (Å²) in [4.78, 5) is 14.8. The summed E-state index contributed by atoms with van der Waals surface area (Å²) in [6.45, 7) is 3.07. The molecule has 20 heavy (non-hydrogen) atoms. The van der Waals surface area contributed by atoms with Gasteiger partial charge in [-0.25, -0.2) is 0 Å². The smallest absolute Gasteiger partial charge is 0.232 e. The average Bonchev–Trinajstić information content (AvgIpc) is 3.30. The second-order valence-corrected chi connectivity index (χ2v) is 6.35. The van der Waals surface area contributed by atoms with E-state index in [4.69, 9.17) is 0 Å². The zero-order valence-electron chi connectivity index (χ0n) is 12.3. The summed E-state index contributed by atoms with van der Waals surface area (Å²) >= 11 is 0. The summed E-state index contributed by atoms with van der Waals surface area (Å²) in [6, 6.07) is 10.3. The molecule has 108 valence electrons. The number of amides is 1. The number of rotatable bonds is 4. The summed E-state index contributed by atoms with van der Waals surface area (Å²) in [5.41, 5.74) is 0.983. The van der Waals surface area contributed by atoms with Crippen LogP contribution in [0.2, 0.25) is 0 Å². The van der Waals surface area contributed by atoms with Crippen LogP contribution in [0.4, 0.5) is 0 Å². The Morgan fingerprint density at radius 3 is 2.70 bits per heavy atom. The molecule has 0 aromatic heterocycles. The number of nitrogens with zero attached hydrogens (tertiary/aromatic N) is 1. The number of hydrogen-bond donors (Lipinski definition) is 1. The Hall–Kier alpha value is -1.35. The van der Waals surface area contributed by atoms with E-state index in [1.165, 1.54) is 18.4 Å². The molecule has 0 radical (unpaired) electrons. The van der Waals surface area contributed by atoms with E-state index < -0.39 is 0 Å². The maximum atomic E-state index is 12.8. The number of carbonyl (C=O) groups is 1. The topological polar surface area (TPSA) is 32.3 Å². The van der Waals surface area contributed by atoms with Gasteiger partial charge in [-0.05, 0) is 50.3 Å². The quantitative estimate of drug-likeness (QED) is 0.911. The fourth-order valence-corrected chi connectivity index (χ4v) is 3.42. The van der Waals surface area contributed by atoms with Crippen molar-refractivity contribution in [3.63, 3.8) is 0 Å². The molecule has 1 aliphatic heterocycles. The van der Waals surface area contributed by atoms with Gasteiger partial charge in [0.1, 0.15) is 0 Å². The predicted molar refractivity (Wildman–Crippen MR) is 80.6 cm³/mol. The first-order valence-corrected chi connectivity index (χ1v) is 7.74. The molecule has 1 N–H and O–H groups in total. The molecular weight excluding hydrogens is 248 g/mol. The molecule has 3 rings (SSSR count). The molecule has 3 heteroatoms. The van der Waals surface area contributed by atoms with Crippen LogP contribution in [0, 0.1) is 5.92 Å². The van der Waals surface area contributed by atoms with Gasteiger partial charge in [-0.2, -0.15) is 0 Å². The first-order valence-electron chi connectivity index (χ1n) is 7.74. The van der Waals surface area contributed by atoms with Crippen LogP contribution in [-0.4, -0.2) is 37.5 Å². The number of carbonyl (C=O) groups excluding carboxylic acids is 1. The molecule has 1 amide bonds. The highest BCUT2D eigenvalue weighted by Crippen LogP contribution is 2.49. The second kappa shape index (κ2) is 5.57. The normalized spacial score (nSPS) is 24.1. The van der Waals surface area contributed by atoms with Crippen molar-refractivity contribution in [2.45, 2.75) is 31.1 Å². The highest BCUT2D eigenvalue weighted by Gasteiger charge is 2.52. The van der Waals surface area contributed by atoms with Gasteiger partial charge in [-0.1, -0.05) is 30.3 Å². The SMILES string of the molecule is CN(CC1CCCNC1)C(=O)C1(c2ccccc2)CC1. The Morgan fingerprint density at radius 2 is 2.10 bits per heavy atom. The van der Waals surface area contributed by atoms with Crippen LogP contribution >= 0.6 is 0 Å². The number of likely N-dealkylation sites (N-methyl/N-ethyl adjacent to an activating group) is 1. The third-order valence-corrected chi connectivity index (χ3v) is 4.76. The maximum absolute atomic E-state index is 12.8. The Labute approximate surface area is 121 Å². The van der Waals surface area contributed by atoms with Crippen molar-refractivity contribution in [2.75, 3.05) is 26.7 Å². The minimum atomic E-state index is -0.210. The zero-order valence-corrected chi connectivity index (χ0v) is 12.3. The van der Waals surface area contributed by atoms with E-state index in [1.807, 2.05) is 30.1 Å². The molecule has 1 heterocycles. The largest absolute Gasteiger partial charge is 0.345 e. The number of piperidine rings is 1. The van der Waals surface area contributed by atoms with Gasteiger partial charge in [0.25, 0.3) is 0 Å². The van der Waals surface area contributed by atoms with Crippen LogP contribution < -0.4 is 5.32 Å². The van der Waals surface area contributed by atoms with Crippen molar-refractivity contribution in [1.29, 1.82) is 0 Å². The van der Waals surface area contributed by atoms with Crippen molar-refractivity contribution >= 4 is 5.91 Å². The lowest BCUT2D eigenvalue weighted by Crippen LogP contribution is -2.43. The average molecular weight is 272 g/mol. The second-order valence-electron chi connectivity index (χ2n) is 6.35. The Balaban J connectivity index is 1.66. The Kier molecular flexibility index (Phi) is 3.79. The molecule has 1 aromatic rings. The van der Waals surface area contributed by atoms with Gasteiger partial charge in [0.2, 0.25) is 5.91 Å². The Bertz CT molecular complexity index is 461. The van der Waals surface area contributed by atoms with Gasteiger partial charge in [-0.3, -0.25) is 4.79 Å². The molecule has 2 fully saturated rings. The summed E-state index contributed by atoms with van der Waals surface area (Å²) in [7, 11) is 1.97. The van der Waals surface area contributed by atoms with Crippen molar-refractivity contribution < 1.29 is 4.79 Å². The van der Waals surface area contributed by atoms with E-state index in [9.17, 15) is 4.79 Å². The molecule has 1 unspecified atom stereocenters. The fraction of sp³-hybridized carbons (Fsp3) is 0.588. The lowest BCUT2D eigenvalue weighted by molar-refractivity contribution is -0.133. The summed E-state index contributed by atoms with van der Waals surface area (Å²) in [6.07, 6.45) is 4.48. The molecular formula is C17H24N2O. The third-order valence-electron chi connectivity index (χ3n) is 4.76. The van der Waals surface area contributed by atoms with Crippen LogP contribution in [0.25, 0.3) is 0 Å². The van der Waals surface area contributed by atoms with Gasteiger partial charge in [-0.15, -0.1) is 0 Å². The van der Waals surface area contributed by atoms with Crippen LogP contribution in [0.15, 0.2) is 30.3 Å². The van der Waals surface area contributed by atoms with Crippen LogP contribution in [-0.2, 0) is 10.2 Å². The van der Waals surface area contributed by atoms with E-state index in [0.29, 0.717) is 11.8 Å². The lowest BCUT2D eigenvalue weighted by atomic mass is 9.93. The van der Waals surface area contributed by atoms with E-state index >= 15 is 0 Å². The van der Waals surface area contributed by atoms with Crippen molar-refractivity contribution in [3.05, 3.63) is 35.9 Å². The molecule has 1 atom stereocenters. The minimum absolute atomic E-state index is 0.210. The van der Waals surface area contributed by atoms with Crippen molar-refractivity contribution in [1.82, 2.24) is 10.2 Å². The van der Waals surface area contributed by atoms with Gasteiger partial charge in [0.05, 0.1) is 5.41 Å². The van der Waals surface area contributed by atoms with E-state index in [2.05, 4.69) is 17.4 Å². The van der Waals surface area contributed by atoms with Crippen LogP contribution in [0.1, 0.15) is 31.2 Å². The van der Waals surface area contributed by atoms with Crippen LogP contribution in [0.3, 0.4) is 0 Å². The standard InChI is InChI=1S/C17H24N2O/c1-19(13-14-6-5-11-18-12-14)16(20)17(9-10-17)15-7-3-2-4-8-15/h2-4,7-8,14,18H,5-6,9-13H2,1H3. The molecule has 2 aliphatic rings. The first-order chi connectivity index (χ1) is 9.72. The highest BCUT2D eigenvalue weighted by atomic mass is 16.2. The molecule has 1 aliphatic carbocycles. The number of hydrogen-bond acceptors (Lipinski definition) is 2. The lowest BCUT2D eigenvalue weighted by Gasteiger charge is -2.30. The molecule has 3 nitrogen and oxygen atoms in total. The van der Waals surface area contributed by atoms with Crippen LogP contribution in [0.5, 0.6) is 0 Å². The molecule has 0 spiro atoms. The summed E-state index contributed by atoms with van der Waals surface area (Å²) in [5, 5.41) is 3.43. The number of benzene rings is 1. The fourth-order valence-electron chi connectivity index (χ4n) is 3.42. The van der Waals surface area contributed by atoms with E-state index in [0.717, 1.165) is 32.5 Å². The third kappa shape index (κ3) is 2.59. The summed E-state index contributed by atoms with van der Waals surface area (Å²) < 4.78 is 0. The molecule has 1 saturated heterocycles. The van der Waals surface area contributed by atoms with Gasteiger partial charge < -0.3 is 10.2 Å². The zero-order chi connectivity index (χ0) is 14.0. The van der Waals surface area contributed by atoms with Crippen molar-refractivity contribution in [3.8, 4) is 0 Å². The Morgan fingerprint density at radius 1 is 1.35 bits per heavy atom. The first kappa shape index (κ1) is 13.6. The highest BCUT2D eigenvalue weighted by molar-refractivity contribution is 5.91. The van der Waals surface area contributed by atoms with Crippen molar-refractivity contribution in [2.24, 2.45) is 5.92 Å². The minimum Gasteiger partial charge on any atom is -0.345 e. The molecule has 1 saturated carbocycles. The van der Waals surface area contributed by atoms with E-state index in [1.54, 1.807) is 0 Å². The van der Waals surface area contributed by atoms with Gasteiger partial charge in [0, 0.05) is 13.6 Å².